The molecule has 0 bridgehead atoms. The Morgan fingerprint density at radius 3 is 2.29 bits per heavy atom. The van der Waals surface area contributed by atoms with Crippen LogP contribution >= 0.6 is 0 Å². The van der Waals surface area contributed by atoms with E-state index in [4.69, 9.17) is 5.11 Å². The molecule has 0 heterocycles. The third-order valence-electron chi connectivity index (χ3n) is 2.52. The van der Waals surface area contributed by atoms with Gasteiger partial charge in [-0.25, -0.2) is 9.18 Å². The van der Waals surface area contributed by atoms with E-state index in [0.29, 0.717) is 11.1 Å². The highest BCUT2D eigenvalue weighted by Gasteiger charge is 2.13. The monoisotopic (exact) mass is 230 g/mol. The van der Waals surface area contributed by atoms with Crippen LogP contribution in [-0.2, 0) is 0 Å². The summed E-state index contributed by atoms with van der Waals surface area (Å²) in [6, 6.07) is 14.6. The van der Waals surface area contributed by atoms with Crippen LogP contribution in [0, 0.1) is 0 Å². The second-order valence-electron chi connectivity index (χ2n) is 3.70. The van der Waals surface area contributed by atoms with Gasteiger partial charge in [0.05, 0.1) is 5.56 Å². The van der Waals surface area contributed by atoms with Gasteiger partial charge in [0.15, 0.2) is 6.17 Å². The fourth-order valence-corrected chi connectivity index (χ4v) is 1.64. The summed E-state index contributed by atoms with van der Waals surface area (Å²) in [5, 5.41) is 8.84. The van der Waals surface area contributed by atoms with Crippen molar-refractivity contribution >= 4 is 5.97 Å². The number of carboxylic acids is 1. The minimum absolute atomic E-state index is 0.0982. The summed E-state index contributed by atoms with van der Waals surface area (Å²) in [7, 11) is 0. The lowest BCUT2D eigenvalue weighted by atomic mass is 10.0. The van der Waals surface area contributed by atoms with Gasteiger partial charge < -0.3 is 5.11 Å². The summed E-state index contributed by atoms with van der Waals surface area (Å²) >= 11 is 0. The van der Waals surface area contributed by atoms with E-state index < -0.39 is 12.1 Å². The van der Waals surface area contributed by atoms with Crippen molar-refractivity contribution in [1.29, 1.82) is 0 Å². The van der Waals surface area contributed by atoms with Gasteiger partial charge in [0, 0.05) is 0 Å². The molecule has 2 nitrogen and oxygen atoms in total. The third-order valence-corrected chi connectivity index (χ3v) is 2.52. The fourth-order valence-electron chi connectivity index (χ4n) is 1.64. The number of halogens is 1. The van der Waals surface area contributed by atoms with Crippen LogP contribution in [0.5, 0.6) is 0 Å². The molecule has 3 heteroatoms. The fraction of sp³-hybridized carbons (Fsp3) is 0.0714. The van der Waals surface area contributed by atoms with E-state index in [1.807, 2.05) is 6.07 Å². The number of hydrogen-bond donors (Lipinski definition) is 1. The molecular weight excluding hydrogens is 219 g/mol. The van der Waals surface area contributed by atoms with Crippen LogP contribution in [0.1, 0.15) is 27.7 Å². The van der Waals surface area contributed by atoms with Gasteiger partial charge in [-0.1, -0.05) is 42.5 Å². The molecule has 0 aromatic heterocycles. The van der Waals surface area contributed by atoms with Crippen molar-refractivity contribution in [1.82, 2.24) is 0 Å². The molecule has 0 aliphatic heterocycles. The molecule has 0 amide bonds. The number of carboxylic acid groups (broad SMARTS) is 1. The van der Waals surface area contributed by atoms with Crippen molar-refractivity contribution in [3.05, 3.63) is 71.3 Å². The third kappa shape index (κ3) is 2.50. The van der Waals surface area contributed by atoms with Crippen molar-refractivity contribution in [2.24, 2.45) is 0 Å². The van der Waals surface area contributed by atoms with Crippen LogP contribution in [0.25, 0.3) is 0 Å². The Morgan fingerprint density at radius 2 is 1.65 bits per heavy atom. The molecule has 17 heavy (non-hydrogen) atoms. The molecule has 0 radical (unpaired) electrons. The lowest BCUT2D eigenvalue weighted by Gasteiger charge is -2.09. The molecule has 86 valence electrons. The van der Waals surface area contributed by atoms with E-state index in [-0.39, 0.29) is 5.56 Å². The minimum atomic E-state index is -1.30. The highest BCUT2D eigenvalue weighted by atomic mass is 19.1. The predicted octanol–water partition coefficient (Wildman–Crippen LogP) is 3.44. The normalized spacial score (nSPS) is 12.1. The summed E-state index contributed by atoms with van der Waals surface area (Å²) in [4.78, 5) is 10.8. The van der Waals surface area contributed by atoms with Gasteiger partial charge in [0.1, 0.15) is 0 Å². The average Bonchev–Trinajstić information content (AvgIpc) is 2.39. The van der Waals surface area contributed by atoms with Gasteiger partial charge in [-0.15, -0.1) is 0 Å². The van der Waals surface area contributed by atoms with Crippen LogP contribution < -0.4 is 0 Å². The summed E-state index contributed by atoms with van der Waals surface area (Å²) in [5.74, 6) is -1.05. The number of benzene rings is 2. The van der Waals surface area contributed by atoms with Crippen molar-refractivity contribution in [2.45, 2.75) is 6.17 Å². The van der Waals surface area contributed by atoms with Crippen molar-refractivity contribution in [3.63, 3.8) is 0 Å². The second kappa shape index (κ2) is 4.78. The Balaban J connectivity index is 2.34. The van der Waals surface area contributed by atoms with Crippen LogP contribution in [0.4, 0.5) is 4.39 Å². The molecule has 1 unspecified atom stereocenters. The molecule has 2 aromatic rings. The Morgan fingerprint density at radius 1 is 1.00 bits per heavy atom. The number of hydrogen-bond acceptors (Lipinski definition) is 1. The molecule has 0 fully saturated rings. The number of alkyl halides is 1. The van der Waals surface area contributed by atoms with Gasteiger partial charge in [0.25, 0.3) is 0 Å². The van der Waals surface area contributed by atoms with Gasteiger partial charge in [-0.3, -0.25) is 0 Å². The number of carbonyl (C=O) groups is 1. The first kappa shape index (κ1) is 11.3. The lowest BCUT2D eigenvalue weighted by molar-refractivity contribution is 0.0696. The molecule has 2 rings (SSSR count). The molecular formula is C14H11FO2. The molecule has 0 spiro atoms. The van der Waals surface area contributed by atoms with Crippen LogP contribution in [0.2, 0.25) is 0 Å². The molecule has 0 aliphatic rings. The zero-order valence-corrected chi connectivity index (χ0v) is 9.01. The van der Waals surface area contributed by atoms with Gasteiger partial charge in [-0.05, 0) is 23.3 Å². The molecule has 2 aromatic carbocycles. The Labute approximate surface area is 98.3 Å². The average molecular weight is 230 g/mol. The largest absolute Gasteiger partial charge is 0.478 e. The summed E-state index contributed by atoms with van der Waals surface area (Å²) in [6.07, 6.45) is -1.30. The number of aromatic carboxylic acids is 1. The van der Waals surface area contributed by atoms with E-state index in [0.717, 1.165) is 0 Å². The van der Waals surface area contributed by atoms with Gasteiger partial charge in [0.2, 0.25) is 0 Å². The van der Waals surface area contributed by atoms with E-state index >= 15 is 0 Å². The van der Waals surface area contributed by atoms with Crippen LogP contribution in [0.15, 0.2) is 54.6 Å². The maximum Gasteiger partial charge on any atom is 0.335 e. The predicted molar refractivity (Wildman–Crippen MR) is 62.8 cm³/mol. The van der Waals surface area contributed by atoms with E-state index in [1.165, 1.54) is 12.1 Å². The molecule has 0 aliphatic carbocycles. The van der Waals surface area contributed by atoms with Gasteiger partial charge in [-0.2, -0.15) is 0 Å². The smallest absolute Gasteiger partial charge is 0.335 e. The SMILES string of the molecule is O=C(O)c1cccc(C(F)c2ccccc2)c1. The van der Waals surface area contributed by atoms with E-state index in [9.17, 15) is 9.18 Å². The summed E-state index contributed by atoms with van der Waals surface area (Å²) < 4.78 is 14.1. The first-order chi connectivity index (χ1) is 8.18. The van der Waals surface area contributed by atoms with E-state index in [2.05, 4.69) is 0 Å². The van der Waals surface area contributed by atoms with Gasteiger partial charge >= 0.3 is 5.97 Å². The highest BCUT2D eigenvalue weighted by molar-refractivity contribution is 5.87. The minimum Gasteiger partial charge on any atom is -0.478 e. The van der Waals surface area contributed by atoms with Crippen LogP contribution in [0.3, 0.4) is 0 Å². The van der Waals surface area contributed by atoms with Crippen molar-refractivity contribution in [2.75, 3.05) is 0 Å². The quantitative estimate of drug-likeness (QED) is 0.876. The maximum absolute atomic E-state index is 14.1. The summed E-state index contributed by atoms with van der Waals surface area (Å²) in [6.45, 7) is 0. The van der Waals surface area contributed by atoms with Crippen molar-refractivity contribution in [3.8, 4) is 0 Å². The van der Waals surface area contributed by atoms with E-state index in [1.54, 1.807) is 36.4 Å². The zero-order valence-electron chi connectivity index (χ0n) is 9.01. The first-order valence-electron chi connectivity index (χ1n) is 5.21. The van der Waals surface area contributed by atoms with Crippen LogP contribution in [-0.4, -0.2) is 11.1 Å². The Hall–Kier alpha value is -2.16. The Bertz CT molecular complexity index is 523. The molecule has 0 saturated heterocycles. The van der Waals surface area contributed by atoms with Crippen molar-refractivity contribution < 1.29 is 14.3 Å². The first-order valence-corrected chi connectivity index (χ1v) is 5.21. The molecule has 1 atom stereocenters. The summed E-state index contributed by atoms with van der Waals surface area (Å²) in [5.41, 5.74) is 0.979. The zero-order chi connectivity index (χ0) is 12.3. The second-order valence-corrected chi connectivity index (χ2v) is 3.70. The Kier molecular flexibility index (Phi) is 3.19. The highest BCUT2D eigenvalue weighted by Crippen LogP contribution is 2.26. The lowest BCUT2D eigenvalue weighted by Crippen LogP contribution is -1.99. The number of rotatable bonds is 3. The standard InChI is InChI=1S/C14H11FO2/c15-13(10-5-2-1-3-6-10)11-7-4-8-12(9-11)14(16)17/h1-9,13H,(H,16,17). The molecule has 1 N–H and O–H groups in total. The topological polar surface area (TPSA) is 37.3 Å². The maximum atomic E-state index is 14.1. The molecule has 0 saturated carbocycles.